The summed E-state index contributed by atoms with van der Waals surface area (Å²) < 4.78 is 1.69. The highest BCUT2D eigenvalue weighted by molar-refractivity contribution is 5.97. The van der Waals surface area contributed by atoms with Gasteiger partial charge in [0, 0.05) is 17.7 Å². The van der Waals surface area contributed by atoms with Gasteiger partial charge < -0.3 is 37.0 Å². The highest BCUT2D eigenvalue weighted by Gasteiger charge is 2.29. The van der Waals surface area contributed by atoms with Crippen molar-refractivity contribution in [2.24, 2.45) is 10.7 Å². The van der Waals surface area contributed by atoms with Crippen molar-refractivity contribution >= 4 is 35.3 Å². The zero-order chi connectivity index (χ0) is 23.3. The van der Waals surface area contributed by atoms with E-state index in [9.17, 15) is 19.5 Å². The smallest absolute Gasteiger partial charge is 0.326 e. The van der Waals surface area contributed by atoms with Crippen LogP contribution in [-0.2, 0) is 16.3 Å². The van der Waals surface area contributed by atoms with E-state index in [4.69, 9.17) is 15.9 Å². The number of aliphatic imine (C=N–C) groups is 1. The number of benzene rings is 1. The molecular weight excluding hydrogens is 422 g/mol. The van der Waals surface area contributed by atoms with Crippen molar-refractivity contribution in [3.63, 3.8) is 0 Å². The Morgan fingerprint density at radius 2 is 1.94 bits per heavy atom. The van der Waals surface area contributed by atoms with Crippen LogP contribution in [0, 0.1) is 0 Å². The van der Waals surface area contributed by atoms with Crippen LogP contribution in [0.25, 0.3) is 0 Å². The number of carbonyl (C=O) groups is 3. The lowest BCUT2D eigenvalue weighted by Gasteiger charge is -2.17. The molecule has 1 aliphatic heterocycles. The molecule has 0 fully saturated rings. The summed E-state index contributed by atoms with van der Waals surface area (Å²) in [5.41, 5.74) is 6.89. The minimum absolute atomic E-state index is 0.0603. The summed E-state index contributed by atoms with van der Waals surface area (Å²) >= 11 is 0. The number of aromatic nitrogens is 2. The first-order valence-electron chi connectivity index (χ1n) is 9.50. The number of carboxylic acid groups (broad SMARTS) is 2. The molecule has 0 spiro atoms. The predicted octanol–water partition coefficient (Wildman–Crippen LogP) is -0.782. The number of carboxylic acids is 2. The summed E-state index contributed by atoms with van der Waals surface area (Å²) in [5.74, 6) is -2.63. The third-order valence-electron chi connectivity index (χ3n) is 4.61. The third kappa shape index (κ3) is 5.46. The lowest BCUT2D eigenvalue weighted by molar-refractivity contribution is -0.701. The van der Waals surface area contributed by atoms with Crippen molar-refractivity contribution < 1.29 is 34.3 Å². The number of aliphatic hydroxyl groups is 1. The van der Waals surface area contributed by atoms with Crippen LogP contribution in [0.2, 0.25) is 0 Å². The van der Waals surface area contributed by atoms with Gasteiger partial charge in [0.1, 0.15) is 6.04 Å². The number of nitrogens with one attached hydrogen (secondary N) is 3. The quantitative estimate of drug-likeness (QED) is 0.240. The molecule has 8 N–H and O–H groups in total. The van der Waals surface area contributed by atoms with E-state index in [1.807, 2.05) is 0 Å². The maximum absolute atomic E-state index is 12.3. The molecular formula is C19H22N7O6+. The Balaban J connectivity index is 1.62. The monoisotopic (exact) mass is 444 g/mol. The van der Waals surface area contributed by atoms with Gasteiger partial charge in [-0.15, -0.1) is 0 Å². The molecule has 2 heterocycles. The number of hydrogen-bond acceptors (Lipinski definition) is 9. The fraction of sp³-hybridized carbons (Fsp3) is 0.263. The first-order chi connectivity index (χ1) is 15.2. The van der Waals surface area contributed by atoms with E-state index in [0.717, 1.165) is 0 Å². The van der Waals surface area contributed by atoms with Gasteiger partial charge in [-0.2, -0.15) is 4.57 Å². The van der Waals surface area contributed by atoms with E-state index in [0.29, 0.717) is 17.2 Å². The normalized spacial score (nSPS) is 15.5. The van der Waals surface area contributed by atoms with Crippen molar-refractivity contribution in [1.29, 1.82) is 0 Å². The Morgan fingerprint density at radius 3 is 2.59 bits per heavy atom. The molecule has 168 valence electrons. The summed E-state index contributed by atoms with van der Waals surface area (Å²) in [7, 11) is 0. The highest BCUT2D eigenvalue weighted by atomic mass is 16.4. The number of hydrogen-bond donors (Lipinski definition) is 7. The van der Waals surface area contributed by atoms with Gasteiger partial charge in [0.2, 0.25) is 18.7 Å². The number of nitrogens with two attached hydrogens (primary N) is 1. The molecule has 2 aromatic rings. The number of amides is 1. The van der Waals surface area contributed by atoms with E-state index in [-0.39, 0.29) is 31.0 Å². The summed E-state index contributed by atoms with van der Waals surface area (Å²) in [5, 5.41) is 36.3. The van der Waals surface area contributed by atoms with Crippen LogP contribution in [0.4, 0.5) is 11.5 Å². The Hall–Kier alpha value is -4.26. The molecule has 0 bridgehead atoms. The van der Waals surface area contributed by atoms with Crippen LogP contribution in [0.1, 0.15) is 35.1 Å². The highest BCUT2D eigenvalue weighted by Crippen LogP contribution is 2.21. The van der Waals surface area contributed by atoms with Crippen LogP contribution >= 0.6 is 0 Å². The zero-order valence-corrected chi connectivity index (χ0v) is 16.7. The second-order valence-corrected chi connectivity index (χ2v) is 6.85. The number of rotatable bonds is 9. The van der Waals surface area contributed by atoms with Gasteiger partial charge in [-0.1, -0.05) is 0 Å². The van der Waals surface area contributed by atoms with E-state index < -0.39 is 30.1 Å². The zero-order valence-electron chi connectivity index (χ0n) is 16.7. The van der Waals surface area contributed by atoms with E-state index in [1.165, 1.54) is 18.3 Å². The standard InChI is InChI=1S/C19H21N7O6/c20-19-24-15-14(17(30)25-19)26(8-7-21-15)9-22-11-3-1-10(2-4-11)16(29)23-12(18(31)32)5-6-13(27)28/h1-4,7-8,12,17,30H,5-6,9H2,(H6-,20,21,22,23,24,25,27,28,29,31,32)/p+1. The Kier molecular flexibility index (Phi) is 6.80. The molecule has 32 heavy (non-hydrogen) atoms. The molecule has 1 aromatic carbocycles. The topological polar surface area (TPSA) is 203 Å². The first kappa shape index (κ1) is 22.4. The molecule has 0 saturated carbocycles. The number of aliphatic hydroxyl groups excluding tert-OH is 1. The predicted molar refractivity (Wildman–Crippen MR) is 110 cm³/mol. The van der Waals surface area contributed by atoms with Crippen molar-refractivity contribution in [2.75, 3.05) is 10.6 Å². The molecule has 13 nitrogen and oxygen atoms in total. The Morgan fingerprint density at radius 1 is 1.22 bits per heavy atom. The molecule has 1 aliphatic rings. The van der Waals surface area contributed by atoms with E-state index >= 15 is 0 Å². The molecule has 13 heteroatoms. The van der Waals surface area contributed by atoms with Crippen molar-refractivity contribution in [3.8, 4) is 0 Å². The Bertz CT molecular complexity index is 1060. The van der Waals surface area contributed by atoms with Crippen LogP contribution in [0.5, 0.6) is 0 Å². The summed E-state index contributed by atoms with van der Waals surface area (Å²) in [6.45, 7) is 0.251. The van der Waals surface area contributed by atoms with Gasteiger partial charge in [-0.25, -0.2) is 14.8 Å². The van der Waals surface area contributed by atoms with Crippen LogP contribution in [0.15, 0.2) is 41.7 Å². The minimum Gasteiger partial charge on any atom is -0.481 e. The SMILES string of the molecule is NC1=NC(O)c2c(ncc[n+]2CNc2ccc(C(=O)NC(CCC(=O)O)C(=O)O)cc2)N1. The van der Waals surface area contributed by atoms with Crippen LogP contribution in [-0.4, -0.2) is 50.2 Å². The second-order valence-electron chi connectivity index (χ2n) is 6.85. The van der Waals surface area contributed by atoms with Crippen LogP contribution in [0.3, 0.4) is 0 Å². The molecule has 0 aliphatic carbocycles. The Labute approximate surface area is 181 Å². The largest absolute Gasteiger partial charge is 0.481 e. The number of guanidine groups is 1. The van der Waals surface area contributed by atoms with Gasteiger partial charge in [0.25, 0.3) is 11.6 Å². The number of carbonyl (C=O) groups excluding carboxylic acids is 1. The molecule has 0 saturated heterocycles. The van der Waals surface area contributed by atoms with Gasteiger partial charge in [-0.05, 0) is 30.7 Å². The maximum Gasteiger partial charge on any atom is 0.326 e. The first-order valence-corrected chi connectivity index (χ1v) is 9.50. The maximum atomic E-state index is 12.3. The summed E-state index contributed by atoms with van der Waals surface area (Å²) in [6, 6.07) is 4.95. The second kappa shape index (κ2) is 9.70. The van der Waals surface area contributed by atoms with Crippen molar-refractivity contribution in [3.05, 3.63) is 47.9 Å². The fourth-order valence-electron chi connectivity index (χ4n) is 3.00. The van der Waals surface area contributed by atoms with Gasteiger partial charge in [-0.3, -0.25) is 9.59 Å². The molecule has 3 rings (SSSR count). The molecule has 1 amide bonds. The summed E-state index contributed by atoms with van der Waals surface area (Å²) in [6.07, 6.45) is 1.42. The third-order valence-corrected chi connectivity index (χ3v) is 4.61. The molecule has 2 atom stereocenters. The molecule has 0 radical (unpaired) electrons. The number of aliphatic carboxylic acids is 2. The van der Waals surface area contributed by atoms with Crippen molar-refractivity contribution in [1.82, 2.24) is 10.3 Å². The number of fused-ring (bicyclic) bond motifs is 1. The van der Waals surface area contributed by atoms with Crippen molar-refractivity contribution in [2.45, 2.75) is 31.8 Å². The lowest BCUT2D eigenvalue weighted by Crippen LogP contribution is -2.46. The van der Waals surface area contributed by atoms with E-state index in [1.54, 1.807) is 22.9 Å². The molecule has 1 aromatic heterocycles. The molecule has 2 unspecified atom stereocenters. The van der Waals surface area contributed by atoms with E-state index in [2.05, 4.69) is 25.9 Å². The lowest BCUT2D eigenvalue weighted by atomic mass is 10.1. The van der Waals surface area contributed by atoms with Gasteiger partial charge >= 0.3 is 11.9 Å². The average molecular weight is 444 g/mol. The summed E-state index contributed by atoms with van der Waals surface area (Å²) in [4.78, 5) is 42.2. The number of nitrogens with zero attached hydrogens (tertiary/aromatic N) is 3. The fourth-order valence-corrected chi connectivity index (χ4v) is 3.00. The van der Waals surface area contributed by atoms with Gasteiger partial charge in [0.05, 0.1) is 6.20 Å². The van der Waals surface area contributed by atoms with Gasteiger partial charge in [0.15, 0.2) is 12.2 Å². The van der Waals surface area contributed by atoms with Crippen LogP contribution < -0.4 is 26.3 Å². The number of anilines is 2. The minimum atomic E-state index is -1.31. The average Bonchev–Trinajstić information content (AvgIpc) is 2.74.